The number of aromatic nitrogens is 1. The van der Waals surface area contributed by atoms with Crippen LogP contribution in [-0.2, 0) is 4.79 Å². The van der Waals surface area contributed by atoms with E-state index in [0.29, 0.717) is 0 Å². The number of carbonyl (C=O) groups is 1. The van der Waals surface area contributed by atoms with E-state index < -0.39 is 11.9 Å². The molecule has 0 aliphatic rings. The number of amides is 1. The van der Waals surface area contributed by atoms with E-state index in [4.69, 9.17) is 10.8 Å². The van der Waals surface area contributed by atoms with Gasteiger partial charge in [-0.15, -0.1) is 0 Å². The first-order chi connectivity index (χ1) is 5.74. The molecule has 1 rings (SSSR count). The SMILES string of the molecule is NC(CO)C(=O)Nn1cccc1. The zero-order chi connectivity index (χ0) is 8.97. The highest BCUT2D eigenvalue weighted by Crippen LogP contribution is 1.86. The molecule has 0 spiro atoms. The van der Waals surface area contributed by atoms with Crippen LogP contribution < -0.4 is 11.2 Å². The Labute approximate surface area is 69.8 Å². The first-order valence-corrected chi connectivity index (χ1v) is 3.54. The number of hydrogen-bond donors (Lipinski definition) is 3. The molecule has 0 radical (unpaired) electrons. The number of nitrogens with one attached hydrogen (secondary N) is 1. The standard InChI is InChI=1S/C7H11N3O2/c8-6(5-11)7(12)9-10-3-1-2-4-10/h1-4,6,11H,5,8H2,(H,9,12). The minimum Gasteiger partial charge on any atom is -0.394 e. The Morgan fingerprint density at radius 3 is 2.67 bits per heavy atom. The topological polar surface area (TPSA) is 80.3 Å². The molecule has 0 aromatic carbocycles. The number of nitrogens with zero attached hydrogens (tertiary/aromatic N) is 1. The molecule has 0 aliphatic carbocycles. The maximum absolute atomic E-state index is 11.0. The van der Waals surface area contributed by atoms with Crippen LogP contribution >= 0.6 is 0 Å². The van der Waals surface area contributed by atoms with E-state index in [1.54, 1.807) is 24.5 Å². The van der Waals surface area contributed by atoms with Crippen LogP contribution in [0.15, 0.2) is 24.5 Å². The van der Waals surface area contributed by atoms with Crippen LogP contribution in [0.2, 0.25) is 0 Å². The Balaban J connectivity index is 2.47. The monoisotopic (exact) mass is 169 g/mol. The number of aliphatic hydroxyl groups excluding tert-OH is 1. The summed E-state index contributed by atoms with van der Waals surface area (Å²) < 4.78 is 1.47. The summed E-state index contributed by atoms with van der Waals surface area (Å²) in [5.74, 6) is -0.409. The van der Waals surface area contributed by atoms with Crippen molar-refractivity contribution in [2.45, 2.75) is 6.04 Å². The molecular weight excluding hydrogens is 158 g/mol. The van der Waals surface area contributed by atoms with Gasteiger partial charge in [-0.1, -0.05) is 0 Å². The Morgan fingerprint density at radius 1 is 1.58 bits per heavy atom. The fraction of sp³-hybridized carbons (Fsp3) is 0.286. The van der Waals surface area contributed by atoms with Gasteiger partial charge in [-0.2, -0.15) is 0 Å². The predicted octanol–water partition coefficient (Wildman–Crippen LogP) is -1.12. The number of rotatable bonds is 3. The van der Waals surface area contributed by atoms with E-state index in [1.807, 2.05) is 0 Å². The molecule has 1 unspecified atom stereocenters. The Morgan fingerprint density at radius 2 is 2.17 bits per heavy atom. The largest absolute Gasteiger partial charge is 0.394 e. The molecule has 4 N–H and O–H groups in total. The van der Waals surface area contributed by atoms with Gasteiger partial charge in [0.25, 0.3) is 5.91 Å². The summed E-state index contributed by atoms with van der Waals surface area (Å²) in [6.45, 7) is -0.354. The van der Waals surface area contributed by atoms with Gasteiger partial charge in [0.15, 0.2) is 0 Å². The number of carbonyl (C=O) groups excluding carboxylic acids is 1. The zero-order valence-corrected chi connectivity index (χ0v) is 6.47. The lowest BCUT2D eigenvalue weighted by atomic mass is 10.3. The molecule has 0 saturated heterocycles. The maximum atomic E-state index is 11.0. The van der Waals surface area contributed by atoms with Gasteiger partial charge in [0, 0.05) is 12.4 Å². The van der Waals surface area contributed by atoms with Crippen molar-refractivity contribution in [2.75, 3.05) is 12.0 Å². The van der Waals surface area contributed by atoms with E-state index in [2.05, 4.69) is 5.43 Å². The van der Waals surface area contributed by atoms with Gasteiger partial charge in [-0.05, 0) is 12.1 Å². The molecule has 1 aromatic heterocycles. The molecule has 0 fully saturated rings. The van der Waals surface area contributed by atoms with Crippen LogP contribution in [0.3, 0.4) is 0 Å². The number of hydrogen-bond acceptors (Lipinski definition) is 3. The third-order valence-electron chi connectivity index (χ3n) is 1.38. The average Bonchev–Trinajstić information content (AvgIpc) is 2.55. The molecule has 5 nitrogen and oxygen atoms in total. The second kappa shape index (κ2) is 3.89. The highest BCUT2D eigenvalue weighted by atomic mass is 16.3. The van der Waals surface area contributed by atoms with E-state index in [0.717, 1.165) is 0 Å². The molecule has 0 aliphatic heterocycles. The van der Waals surface area contributed by atoms with Gasteiger partial charge in [0.05, 0.1) is 6.61 Å². The van der Waals surface area contributed by atoms with Crippen molar-refractivity contribution in [3.05, 3.63) is 24.5 Å². The summed E-state index contributed by atoms with van der Waals surface area (Å²) in [4.78, 5) is 11.0. The quantitative estimate of drug-likeness (QED) is 0.536. The van der Waals surface area contributed by atoms with Gasteiger partial charge >= 0.3 is 0 Å². The minimum absolute atomic E-state index is 0.354. The molecule has 1 heterocycles. The fourth-order valence-electron chi connectivity index (χ4n) is 0.702. The Kier molecular flexibility index (Phi) is 2.84. The third kappa shape index (κ3) is 2.08. The highest BCUT2D eigenvalue weighted by molar-refractivity contribution is 5.88. The van der Waals surface area contributed by atoms with Crippen LogP contribution in [0.4, 0.5) is 0 Å². The third-order valence-corrected chi connectivity index (χ3v) is 1.38. The zero-order valence-electron chi connectivity index (χ0n) is 6.47. The summed E-state index contributed by atoms with van der Waals surface area (Å²) in [7, 11) is 0. The van der Waals surface area contributed by atoms with Crippen molar-refractivity contribution in [2.24, 2.45) is 5.73 Å². The van der Waals surface area contributed by atoms with Gasteiger partial charge in [0.1, 0.15) is 6.04 Å². The number of aliphatic hydroxyl groups is 1. The second-order valence-corrected chi connectivity index (χ2v) is 2.36. The lowest BCUT2D eigenvalue weighted by molar-refractivity contribution is -0.119. The molecule has 1 amide bonds. The first-order valence-electron chi connectivity index (χ1n) is 3.54. The molecule has 12 heavy (non-hydrogen) atoms. The van der Waals surface area contributed by atoms with Crippen LogP contribution in [-0.4, -0.2) is 28.3 Å². The van der Waals surface area contributed by atoms with Crippen molar-refractivity contribution in [1.29, 1.82) is 0 Å². The molecule has 1 atom stereocenters. The van der Waals surface area contributed by atoms with Gasteiger partial charge in [-0.3, -0.25) is 14.9 Å². The van der Waals surface area contributed by atoms with Crippen molar-refractivity contribution in [1.82, 2.24) is 4.68 Å². The first kappa shape index (κ1) is 8.76. The van der Waals surface area contributed by atoms with Gasteiger partial charge < -0.3 is 10.8 Å². The Hall–Kier alpha value is -1.33. The summed E-state index contributed by atoms with van der Waals surface area (Å²) >= 11 is 0. The summed E-state index contributed by atoms with van der Waals surface area (Å²) in [5, 5.41) is 8.54. The number of nitrogens with two attached hydrogens (primary N) is 1. The molecular formula is C7H11N3O2. The van der Waals surface area contributed by atoms with Crippen LogP contribution in [0.1, 0.15) is 0 Å². The van der Waals surface area contributed by atoms with Gasteiger partial charge in [-0.25, -0.2) is 0 Å². The van der Waals surface area contributed by atoms with Crippen LogP contribution in [0.25, 0.3) is 0 Å². The van der Waals surface area contributed by atoms with Crippen molar-refractivity contribution < 1.29 is 9.90 Å². The highest BCUT2D eigenvalue weighted by Gasteiger charge is 2.10. The van der Waals surface area contributed by atoms with Crippen LogP contribution in [0.5, 0.6) is 0 Å². The molecule has 0 saturated carbocycles. The molecule has 66 valence electrons. The lowest BCUT2D eigenvalue weighted by Crippen LogP contribution is -2.41. The van der Waals surface area contributed by atoms with E-state index in [9.17, 15) is 4.79 Å². The van der Waals surface area contributed by atoms with Gasteiger partial charge in [0.2, 0.25) is 0 Å². The van der Waals surface area contributed by atoms with Crippen molar-refractivity contribution >= 4 is 5.91 Å². The fourth-order valence-corrected chi connectivity index (χ4v) is 0.702. The summed E-state index contributed by atoms with van der Waals surface area (Å²) in [6, 6.07) is 2.67. The normalized spacial score (nSPS) is 12.5. The van der Waals surface area contributed by atoms with E-state index in [1.165, 1.54) is 4.68 Å². The maximum Gasteiger partial charge on any atom is 0.258 e. The smallest absolute Gasteiger partial charge is 0.258 e. The summed E-state index contributed by atoms with van der Waals surface area (Å²) in [5.41, 5.74) is 7.72. The van der Waals surface area contributed by atoms with Crippen LogP contribution in [0, 0.1) is 0 Å². The minimum atomic E-state index is -0.868. The lowest BCUT2D eigenvalue weighted by Gasteiger charge is -2.09. The average molecular weight is 169 g/mol. The van der Waals surface area contributed by atoms with Crippen molar-refractivity contribution in [3.63, 3.8) is 0 Å². The predicted molar refractivity (Wildman–Crippen MR) is 43.9 cm³/mol. The second-order valence-electron chi connectivity index (χ2n) is 2.36. The Bertz CT molecular complexity index is 245. The van der Waals surface area contributed by atoms with E-state index in [-0.39, 0.29) is 6.61 Å². The molecule has 1 aromatic rings. The van der Waals surface area contributed by atoms with Crippen molar-refractivity contribution in [3.8, 4) is 0 Å². The molecule has 0 bridgehead atoms. The molecule has 5 heteroatoms. The van der Waals surface area contributed by atoms with E-state index >= 15 is 0 Å². The summed E-state index contributed by atoms with van der Waals surface area (Å²) in [6.07, 6.45) is 3.34.